The van der Waals surface area contributed by atoms with Crippen LogP contribution in [0.5, 0.6) is 0 Å². The summed E-state index contributed by atoms with van der Waals surface area (Å²) >= 11 is 0. The summed E-state index contributed by atoms with van der Waals surface area (Å²) in [7, 11) is 0. The van der Waals surface area contributed by atoms with Crippen molar-refractivity contribution in [2.75, 3.05) is 0 Å². The molecular formula is C12H20O. The van der Waals surface area contributed by atoms with E-state index in [2.05, 4.69) is 6.58 Å². The van der Waals surface area contributed by atoms with Crippen molar-refractivity contribution in [3.63, 3.8) is 0 Å². The Morgan fingerprint density at radius 3 is 2.23 bits per heavy atom. The fraction of sp³-hybridized carbons (Fsp3) is 0.667. The molecule has 1 saturated carbocycles. The molecule has 1 nitrogen and oxygen atoms in total. The lowest BCUT2D eigenvalue weighted by atomic mass is 9.88. The second kappa shape index (κ2) is 4.61. The van der Waals surface area contributed by atoms with Crippen LogP contribution in [-0.2, 0) is 0 Å². The Morgan fingerprint density at radius 1 is 1.23 bits per heavy atom. The zero-order valence-electron chi connectivity index (χ0n) is 8.77. The third-order valence-corrected chi connectivity index (χ3v) is 2.89. The fourth-order valence-corrected chi connectivity index (χ4v) is 1.94. The SMILES string of the molecule is C=C(C)C(O)C(C)=C1CCCCC1. The van der Waals surface area contributed by atoms with Crippen LogP contribution in [0.3, 0.4) is 0 Å². The lowest BCUT2D eigenvalue weighted by Crippen LogP contribution is -2.12. The summed E-state index contributed by atoms with van der Waals surface area (Å²) in [5.74, 6) is 0. The van der Waals surface area contributed by atoms with E-state index in [9.17, 15) is 5.11 Å². The van der Waals surface area contributed by atoms with Crippen molar-refractivity contribution < 1.29 is 5.11 Å². The molecule has 74 valence electrons. The molecule has 0 heterocycles. The quantitative estimate of drug-likeness (QED) is 0.647. The highest BCUT2D eigenvalue weighted by molar-refractivity contribution is 5.24. The van der Waals surface area contributed by atoms with E-state index in [1.807, 2.05) is 13.8 Å². The minimum Gasteiger partial charge on any atom is -0.384 e. The summed E-state index contributed by atoms with van der Waals surface area (Å²) in [6.45, 7) is 7.71. The second-order valence-corrected chi connectivity index (χ2v) is 4.10. The molecule has 0 aliphatic heterocycles. The highest BCUT2D eigenvalue weighted by atomic mass is 16.3. The molecular weight excluding hydrogens is 160 g/mol. The molecule has 1 aliphatic rings. The van der Waals surface area contributed by atoms with Crippen molar-refractivity contribution >= 4 is 0 Å². The second-order valence-electron chi connectivity index (χ2n) is 4.10. The Balaban J connectivity index is 2.70. The lowest BCUT2D eigenvalue weighted by Gasteiger charge is -2.20. The van der Waals surface area contributed by atoms with E-state index in [0.717, 1.165) is 11.1 Å². The zero-order chi connectivity index (χ0) is 9.84. The molecule has 0 bridgehead atoms. The molecule has 0 spiro atoms. The Bertz CT molecular complexity index is 217. The third kappa shape index (κ3) is 2.70. The van der Waals surface area contributed by atoms with Crippen molar-refractivity contribution in [2.24, 2.45) is 0 Å². The van der Waals surface area contributed by atoms with Gasteiger partial charge in [0.2, 0.25) is 0 Å². The molecule has 1 heteroatoms. The summed E-state index contributed by atoms with van der Waals surface area (Å²) in [6, 6.07) is 0. The van der Waals surface area contributed by atoms with Crippen LogP contribution in [0.25, 0.3) is 0 Å². The Kier molecular flexibility index (Phi) is 3.73. The van der Waals surface area contributed by atoms with Crippen LogP contribution in [-0.4, -0.2) is 11.2 Å². The Labute approximate surface area is 81.2 Å². The molecule has 1 fully saturated rings. The number of rotatable bonds is 2. The summed E-state index contributed by atoms with van der Waals surface area (Å²) in [6.07, 6.45) is 5.87. The first kappa shape index (κ1) is 10.5. The van der Waals surface area contributed by atoms with Crippen LogP contribution in [0.15, 0.2) is 23.3 Å². The van der Waals surface area contributed by atoms with Gasteiger partial charge >= 0.3 is 0 Å². The smallest absolute Gasteiger partial charge is 0.0955 e. The van der Waals surface area contributed by atoms with Crippen LogP contribution >= 0.6 is 0 Å². The van der Waals surface area contributed by atoms with Gasteiger partial charge in [-0.2, -0.15) is 0 Å². The molecule has 0 amide bonds. The predicted octanol–water partition coefficient (Wildman–Crippen LogP) is 3.20. The van der Waals surface area contributed by atoms with Gasteiger partial charge in [0.05, 0.1) is 6.10 Å². The molecule has 1 rings (SSSR count). The van der Waals surface area contributed by atoms with Crippen molar-refractivity contribution in [1.82, 2.24) is 0 Å². The van der Waals surface area contributed by atoms with Gasteiger partial charge in [-0.1, -0.05) is 18.6 Å². The monoisotopic (exact) mass is 180 g/mol. The van der Waals surface area contributed by atoms with E-state index in [1.165, 1.54) is 37.7 Å². The van der Waals surface area contributed by atoms with Crippen molar-refractivity contribution in [1.29, 1.82) is 0 Å². The number of allylic oxidation sites excluding steroid dienone is 1. The van der Waals surface area contributed by atoms with E-state index >= 15 is 0 Å². The molecule has 0 aromatic rings. The molecule has 1 aliphatic carbocycles. The normalized spacial score (nSPS) is 19.8. The number of hydrogen-bond acceptors (Lipinski definition) is 1. The van der Waals surface area contributed by atoms with Gasteiger partial charge in [0.15, 0.2) is 0 Å². The molecule has 0 aromatic carbocycles. The average molecular weight is 180 g/mol. The highest BCUT2D eigenvalue weighted by Crippen LogP contribution is 2.28. The van der Waals surface area contributed by atoms with Crippen LogP contribution in [0.4, 0.5) is 0 Å². The van der Waals surface area contributed by atoms with E-state index in [-0.39, 0.29) is 0 Å². The predicted molar refractivity (Wildman–Crippen MR) is 56.6 cm³/mol. The van der Waals surface area contributed by atoms with Gasteiger partial charge in [0, 0.05) is 0 Å². The van der Waals surface area contributed by atoms with E-state index in [0.29, 0.717) is 0 Å². The van der Waals surface area contributed by atoms with E-state index in [1.54, 1.807) is 0 Å². The van der Waals surface area contributed by atoms with Crippen molar-refractivity contribution in [2.45, 2.75) is 52.1 Å². The summed E-state index contributed by atoms with van der Waals surface area (Å²) < 4.78 is 0. The zero-order valence-corrected chi connectivity index (χ0v) is 8.77. The van der Waals surface area contributed by atoms with Gasteiger partial charge in [0.25, 0.3) is 0 Å². The van der Waals surface area contributed by atoms with Crippen molar-refractivity contribution in [3.05, 3.63) is 23.3 Å². The number of aliphatic hydroxyl groups excluding tert-OH is 1. The van der Waals surface area contributed by atoms with Crippen LogP contribution in [0.2, 0.25) is 0 Å². The van der Waals surface area contributed by atoms with Gasteiger partial charge < -0.3 is 5.11 Å². The van der Waals surface area contributed by atoms with Gasteiger partial charge in [-0.15, -0.1) is 0 Å². The summed E-state index contributed by atoms with van der Waals surface area (Å²) in [5.41, 5.74) is 3.46. The maximum absolute atomic E-state index is 9.79. The Morgan fingerprint density at radius 2 is 1.77 bits per heavy atom. The molecule has 0 saturated heterocycles. The molecule has 0 aromatic heterocycles. The first-order valence-corrected chi connectivity index (χ1v) is 5.15. The molecule has 1 N–H and O–H groups in total. The van der Waals surface area contributed by atoms with Gasteiger partial charge in [-0.05, 0) is 50.7 Å². The number of hydrogen-bond donors (Lipinski definition) is 1. The first-order chi connectivity index (χ1) is 6.13. The minimum absolute atomic E-state index is 0.409. The van der Waals surface area contributed by atoms with Crippen molar-refractivity contribution in [3.8, 4) is 0 Å². The van der Waals surface area contributed by atoms with Crippen LogP contribution < -0.4 is 0 Å². The molecule has 1 atom stereocenters. The fourth-order valence-electron chi connectivity index (χ4n) is 1.94. The topological polar surface area (TPSA) is 20.2 Å². The highest BCUT2D eigenvalue weighted by Gasteiger charge is 2.14. The lowest BCUT2D eigenvalue weighted by molar-refractivity contribution is 0.244. The minimum atomic E-state index is -0.409. The molecule has 0 radical (unpaired) electrons. The van der Waals surface area contributed by atoms with E-state index < -0.39 is 6.10 Å². The van der Waals surface area contributed by atoms with Gasteiger partial charge in [0.1, 0.15) is 0 Å². The first-order valence-electron chi connectivity index (χ1n) is 5.15. The summed E-state index contributed by atoms with van der Waals surface area (Å²) in [4.78, 5) is 0. The van der Waals surface area contributed by atoms with Crippen LogP contribution in [0.1, 0.15) is 46.0 Å². The molecule has 1 unspecified atom stereocenters. The molecule has 13 heavy (non-hydrogen) atoms. The van der Waals surface area contributed by atoms with Crippen LogP contribution in [0, 0.1) is 0 Å². The van der Waals surface area contributed by atoms with Gasteiger partial charge in [-0.25, -0.2) is 0 Å². The largest absolute Gasteiger partial charge is 0.384 e. The van der Waals surface area contributed by atoms with E-state index in [4.69, 9.17) is 0 Å². The maximum atomic E-state index is 9.79. The Hall–Kier alpha value is -0.560. The number of aliphatic hydroxyl groups is 1. The standard InChI is InChI=1S/C12H20O/c1-9(2)12(13)10(3)11-7-5-4-6-8-11/h12-13H,1,4-8H2,2-3H3. The average Bonchev–Trinajstić information content (AvgIpc) is 2.17. The summed E-state index contributed by atoms with van der Waals surface area (Å²) in [5, 5.41) is 9.79. The maximum Gasteiger partial charge on any atom is 0.0955 e. The van der Waals surface area contributed by atoms with Gasteiger partial charge in [-0.3, -0.25) is 0 Å². The third-order valence-electron chi connectivity index (χ3n) is 2.89.